The van der Waals surface area contributed by atoms with Crippen molar-refractivity contribution in [2.75, 3.05) is 18.6 Å². The van der Waals surface area contributed by atoms with Crippen molar-refractivity contribution < 1.29 is 14.3 Å². The summed E-state index contributed by atoms with van der Waals surface area (Å²) < 4.78 is 4.87. The fraction of sp³-hybridized carbons (Fsp3) is 0.556. The molecule has 2 aliphatic heterocycles. The molecule has 2 heterocycles. The number of amides is 1. The number of rotatable bonds is 3. The van der Waals surface area contributed by atoms with Crippen LogP contribution in [-0.2, 0) is 14.3 Å². The maximum atomic E-state index is 12.0. The van der Waals surface area contributed by atoms with Crippen molar-refractivity contribution in [3.05, 3.63) is 29.8 Å². The van der Waals surface area contributed by atoms with Gasteiger partial charge in [-0.3, -0.25) is 14.9 Å². The van der Waals surface area contributed by atoms with E-state index in [1.165, 1.54) is 7.11 Å². The van der Waals surface area contributed by atoms with Crippen molar-refractivity contribution >= 4 is 17.6 Å². The van der Waals surface area contributed by atoms with E-state index >= 15 is 0 Å². The van der Waals surface area contributed by atoms with Crippen LogP contribution in [0.4, 0.5) is 5.69 Å². The van der Waals surface area contributed by atoms with Crippen LogP contribution in [0.5, 0.6) is 0 Å². The highest BCUT2D eigenvalue weighted by Crippen LogP contribution is 2.33. The van der Waals surface area contributed by atoms with Gasteiger partial charge in [0.25, 0.3) is 0 Å². The second-order valence-corrected chi connectivity index (χ2v) is 6.52. The summed E-state index contributed by atoms with van der Waals surface area (Å²) in [6.45, 7) is 2.99. The summed E-state index contributed by atoms with van der Waals surface area (Å²) in [6.07, 6.45) is 3.33. The van der Waals surface area contributed by atoms with Crippen LogP contribution in [-0.4, -0.2) is 31.6 Å². The summed E-state index contributed by atoms with van der Waals surface area (Å²) in [5.74, 6) is 0.424. The lowest BCUT2D eigenvalue weighted by molar-refractivity contribution is -0.144. The van der Waals surface area contributed by atoms with E-state index < -0.39 is 0 Å². The molecule has 23 heavy (non-hydrogen) atoms. The highest BCUT2D eigenvalue weighted by atomic mass is 16.5. The number of methoxy groups -OCH3 is 1. The third kappa shape index (κ3) is 3.24. The third-order valence-electron chi connectivity index (χ3n) is 4.96. The van der Waals surface area contributed by atoms with Crippen LogP contribution < -0.4 is 10.2 Å². The van der Waals surface area contributed by atoms with Gasteiger partial charge in [0.05, 0.1) is 7.11 Å². The largest absolute Gasteiger partial charge is 0.468 e. The maximum Gasteiger partial charge on any atom is 0.322 e. The van der Waals surface area contributed by atoms with E-state index in [1.54, 1.807) is 0 Å². The summed E-state index contributed by atoms with van der Waals surface area (Å²) in [7, 11) is 1.43. The van der Waals surface area contributed by atoms with Crippen molar-refractivity contribution in [3.63, 3.8) is 0 Å². The molecule has 0 bridgehead atoms. The average Bonchev–Trinajstić information content (AvgIpc) is 3.01. The van der Waals surface area contributed by atoms with Crippen molar-refractivity contribution in [2.45, 2.75) is 44.7 Å². The SMILES string of the molecule is COC(=O)[C@@H]1CC[C@H](C)[C@@H](c2cccc(N3CCCC3=O)c2)N1. The molecule has 0 aromatic heterocycles. The van der Waals surface area contributed by atoms with Crippen LogP contribution in [0.3, 0.4) is 0 Å². The lowest BCUT2D eigenvalue weighted by atomic mass is 9.84. The van der Waals surface area contributed by atoms with Crippen molar-refractivity contribution in [1.82, 2.24) is 5.32 Å². The van der Waals surface area contributed by atoms with Gasteiger partial charge in [-0.25, -0.2) is 0 Å². The van der Waals surface area contributed by atoms with E-state index in [0.29, 0.717) is 12.3 Å². The van der Waals surface area contributed by atoms with E-state index in [4.69, 9.17) is 4.74 Å². The van der Waals surface area contributed by atoms with Gasteiger partial charge in [0.15, 0.2) is 0 Å². The topological polar surface area (TPSA) is 58.6 Å². The number of hydrogen-bond donors (Lipinski definition) is 1. The minimum absolute atomic E-state index is 0.102. The molecule has 2 fully saturated rings. The van der Waals surface area contributed by atoms with E-state index in [0.717, 1.165) is 37.1 Å². The van der Waals surface area contributed by atoms with Crippen molar-refractivity contribution in [3.8, 4) is 0 Å². The van der Waals surface area contributed by atoms with Gasteiger partial charge in [0, 0.05) is 24.7 Å². The fourth-order valence-corrected chi connectivity index (χ4v) is 3.62. The molecule has 5 heteroatoms. The zero-order valence-electron chi connectivity index (χ0n) is 13.7. The monoisotopic (exact) mass is 316 g/mol. The van der Waals surface area contributed by atoms with Crippen molar-refractivity contribution in [1.29, 1.82) is 0 Å². The average molecular weight is 316 g/mol. The number of hydrogen-bond acceptors (Lipinski definition) is 4. The number of carbonyl (C=O) groups is 2. The molecule has 124 valence electrons. The number of nitrogens with zero attached hydrogens (tertiary/aromatic N) is 1. The molecular weight excluding hydrogens is 292 g/mol. The number of anilines is 1. The highest BCUT2D eigenvalue weighted by molar-refractivity contribution is 5.95. The molecule has 1 amide bonds. The molecule has 0 saturated carbocycles. The first kappa shape index (κ1) is 16.0. The molecule has 0 radical (unpaired) electrons. The van der Waals surface area contributed by atoms with E-state index in [9.17, 15) is 9.59 Å². The van der Waals surface area contributed by atoms with E-state index in [2.05, 4.69) is 24.4 Å². The van der Waals surface area contributed by atoms with Crippen LogP contribution in [0, 0.1) is 5.92 Å². The molecule has 0 spiro atoms. The number of piperidine rings is 1. The quantitative estimate of drug-likeness (QED) is 0.870. The van der Waals surface area contributed by atoms with Gasteiger partial charge in [-0.15, -0.1) is 0 Å². The molecule has 2 saturated heterocycles. The number of esters is 1. The van der Waals surface area contributed by atoms with Crippen LogP contribution >= 0.6 is 0 Å². The Morgan fingerprint density at radius 2 is 2.17 bits per heavy atom. The number of ether oxygens (including phenoxy) is 1. The molecule has 1 aromatic rings. The number of nitrogens with one attached hydrogen (secondary N) is 1. The maximum absolute atomic E-state index is 12.0. The Morgan fingerprint density at radius 1 is 1.35 bits per heavy atom. The summed E-state index contributed by atoms with van der Waals surface area (Å²) in [6, 6.07) is 7.98. The Morgan fingerprint density at radius 3 is 2.87 bits per heavy atom. The van der Waals surface area contributed by atoms with Gasteiger partial charge < -0.3 is 9.64 Å². The zero-order chi connectivity index (χ0) is 16.4. The predicted octanol–water partition coefficient (Wildman–Crippen LogP) is 2.42. The molecule has 1 aromatic carbocycles. The molecule has 5 nitrogen and oxygen atoms in total. The summed E-state index contributed by atoms with van der Waals surface area (Å²) in [5, 5.41) is 3.42. The van der Waals surface area contributed by atoms with Crippen LogP contribution in [0.1, 0.15) is 44.2 Å². The second-order valence-electron chi connectivity index (χ2n) is 6.52. The Labute approximate surface area is 137 Å². The summed E-state index contributed by atoms with van der Waals surface area (Å²) >= 11 is 0. The van der Waals surface area contributed by atoms with Crippen LogP contribution in [0.25, 0.3) is 0 Å². The van der Waals surface area contributed by atoms with Gasteiger partial charge >= 0.3 is 5.97 Å². The van der Waals surface area contributed by atoms with Gasteiger partial charge in [-0.1, -0.05) is 19.1 Å². The third-order valence-corrected chi connectivity index (χ3v) is 4.96. The molecule has 2 aliphatic rings. The standard InChI is InChI=1S/C18H24N2O3/c1-12-8-9-15(18(22)23-2)19-17(12)13-5-3-6-14(11-13)20-10-4-7-16(20)21/h3,5-6,11-12,15,17,19H,4,7-10H2,1-2H3/t12-,15-,17-/m0/s1. The number of benzene rings is 1. The smallest absolute Gasteiger partial charge is 0.322 e. The highest BCUT2D eigenvalue weighted by Gasteiger charge is 2.32. The molecular formula is C18H24N2O3. The van der Waals surface area contributed by atoms with E-state index in [1.807, 2.05) is 17.0 Å². The first-order valence-corrected chi connectivity index (χ1v) is 8.34. The van der Waals surface area contributed by atoms with Crippen LogP contribution in [0.15, 0.2) is 24.3 Å². The fourth-order valence-electron chi connectivity index (χ4n) is 3.62. The first-order chi connectivity index (χ1) is 11.1. The van der Waals surface area contributed by atoms with Gasteiger partial charge in [-0.05, 0) is 42.9 Å². The Hall–Kier alpha value is -1.88. The molecule has 1 N–H and O–H groups in total. The van der Waals surface area contributed by atoms with Gasteiger partial charge in [-0.2, -0.15) is 0 Å². The zero-order valence-corrected chi connectivity index (χ0v) is 13.7. The Kier molecular flexibility index (Phi) is 4.66. The molecule has 3 rings (SSSR count). The van der Waals surface area contributed by atoms with Gasteiger partial charge in [0.2, 0.25) is 5.91 Å². The Balaban J connectivity index is 1.82. The van der Waals surface area contributed by atoms with E-state index in [-0.39, 0.29) is 24.0 Å². The minimum Gasteiger partial charge on any atom is -0.468 e. The van der Waals surface area contributed by atoms with Gasteiger partial charge in [0.1, 0.15) is 6.04 Å². The predicted molar refractivity (Wildman–Crippen MR) is 88.1 cm³/mol. The minimum atomic E-state index is -0.252. The second kappa shape index (κ2) is 6.71. The van der Waals surface area contributed by atoms with Crippen molar-refractivity contribution in [2.24, 2.45) is 5.92 Å². The molecule has 3 atom stereocenters. The molecule has 0 unspecified atom stereocenters. The molecule has 0 aliphatic carbocycles. The lowest BCUT2D eigenvalue weighted by Crippen LogP contribution is -2.46. The Bertz CT molecular complexity index is 602. The summed E-state index contributed by atoms with van der Waals surface area (Å²) in [5.41, 5.74) is 2.09. The normalized spacial score (nSPS) is 28.0. The van der Waals surface area contributed by atoms with Crippen LogP contribution in [0.2, 0.25) is 0 Å². The first-order valence-electron chi connectivity index (χ1n) is 8.34. The summed E-state index contributed by atoms with van der Waals surface area (Å²) in [4.78, 5) is 25.6. The lowest BCUT2D eigenvalue weighted by Gasteiger charge is -2.35. The number of carbonyl (C=O) groups excluding carboxylic acids is 2.